The van der Waals surface area contributed by atoms with E-state index in [-0.39, 0.29) is 11.3 Å². The summed E-state index contributed by atoms with van der Waals surface area (Å²) in [6, 6.07) is 10.8. The third kappa shape index (κ3) is 6.40. The Kier molecular flexibility index (Phi) is 7.29. The predicted octanol–water partition coefficient (Wildman–Crippen LogP) is 2.58. The van der Waals surface area contributed by atoms with Crippen LogP contribution in [0.15, 0.2) is 35.3 Å². The van der Waals surface area contributed by atoms with Crippen LogP contribution in [-0.4, -0.2) is 38.0 Å². The number of benzene rings is 1. The molecule has 138 valence electrons. The molecule has 0 saturated heterocycles. The molecule has 1 aliphatic carbocycles. The molecule has 1 saturated carbocycles. The lowest BCUT2D eigenvalue weighted by Crippen LogP contribution is -2.44. The van der Waals surface area contributed by atoms with E-state index < -0.39 is 0 Å². The second-order valence-corrected chi connectivity index (χ2v) is 7.40. The molecule has 1 fully saturated rings. The molecule has 0 atom stereocenters. The summed E-state index contributed by atoms with van der Waals surface area (Å²) in [5, 5.41) is 9.70. The third-order valence-corrected chi connectivity index (χ3v) is 4.84. The van der Waals surface area contributed by atoms with Gasteiger partial charge in [0.25, 0.3) is 0 Å². The molecule has 0 radical (unpaired) electrons. The zero-order chi connectivity index (χ0) is 18.1. The van der Waals surface area contributed by atoms with Crippen LogP contribution in [0.3, 0.4) is 0 Å². The Morgan fingerprint density at radius 2 is 1.84 bits per heavy atom. The van der Waals surface area contributed by atoms with Gasteiger partial charge in [-0.25, -0.2) is 0 Å². The zero-order valence-corrected chi connectivity index (χ0v) is 15.8. The number of hydrogen-bond acceptors (Lipinski definition) is 2. The van der Waals surface area contributed by atoms with Gasteiger partial charge >= 0.3 is 0 Å². The molecule has 0 aromatic heterocycles. The molecule has 25 heavy (non-hydrogen) atoms. The van der Waals surface area contributed by atoms with Crippen molar-refractivity contribution in [1.29, 1.82) is 0 Å². The lowest BCUT2D eigenvalue weighted by Gasteiger charge is -2.26. The fraction of sp³-hybridized carbons (Fsp3) is 0.600. The van der Waals surface area contributed by atoms with Gasteiger partial charge in [0.05, 0.1) is 0 Å². The van der Waals surface area contributed by atoms with Gasteiger partial charge in [-0.15, -0.1) is 0 Å². The van der Waals surface area contributed by atoms with Gasteiger partial charge in [-0.3, -0.25) is 9.79 Å². The minimum atomic E-state index is -0.00126. The molecule has 5 heteroatoms. The molecule has 0 heterocycles. The molecule has 3 N–H and O–H groups in total. The summed E-state index contributed by atoms with van der Waals surface area (Å²) in [7, 11) is 1.75. The monoisotopic (exact) mass is 344 g/mol. The van der Waals surface area contributed by atoms with Crippen LogP contribution in [0.25, 0.3) is 0 Å². The molecule has 1 amide bonds. The minimum absolute atomic E-state index is 0.00126. The number of rotatable bonds is 7. The van der Waals surface area contributed by atoms with E-state index >= 15 is 0 Å². The van der Waals surface area contributed by atoms with E-state index in [4.69, 9.17) is 0 Å². The number of nitrogens with zero attached hydrogens (tertiary/aromatic N) is 1. The number of hydrogen-bond donors (Lipinski definition) is 3. The number of guanidine groups is 1. The Morgan fingerprint density at radius 1 is 1.16 bits per heavy atom. The van der Waals surface area contributed by atoms with Crippen LogP contribution >= 0.6 is 0 Å². The first kappa shape index (κ1) is 19.3. The van der Waals surface area contributed by atoms with Crippen molar-refractivity contribution in [2.24, 2.45) is 4.99 Å². The molecule has 0 bridgehead atoms. The Balaban J connectivity index is 1.70. The van der Waals surface area contributed by atoms with Gasteiger partial charge in [0.15, 0.2) is 5.96 Å². The van der Waals surface area contributed by atoms with E-state index in [1.54, 1.807) is 7.05 Å². The first-order chi connectivity index (χ1) is 12.0. The van der Waals surface area contributed by atoms with Crippen LogP contribution < -0.4 is 16.0 Å². The number of aliphatic imine (C=N–C) groups is 1. The lowest BCUT2D eigenvalue weighted by molar-refractivity contribution is -0.121. The second kappa shape index (κ2) is 9.44. The van der Waals surface area contributed by atoms with Gasteiger partial charge < -0.3 is 16.0 Å². The van der Waals surface area contributed by atoms with Gasteiger partial charge in [-0.2, -0.15) is 0 Å². The van der Waals surface area contributed by atoms with Crippen LogP contribution in [0.5, 0.6) is 0 Å². The third-order valence-electron chi connectivity index (χ3n) is 4.84. The smallest absolute Gasteiger partial charge is 0.221 e. The summed E-state index contributed by atoms with van der Waals surface area (Å²) in [6.45, 7) is 5.77. The molecule has 1 aromatic rings. The number of carbonyl (C=O) groups excluding carboxylic acids is 1. The Hall–Kier alpha value is -2.04. The van der Waals surface area contributed by atoms with Gasteiger partial charge in [0, 0.05) is 38.0 Å². The number of nitrogens with one attached hydrogen (secondary N) is 3. The lowest BCUT2D eigenvalue weighted by atomic mass is 9.85. The fourth-order valence-electron chi connectivity index (χ4n) is 3.18. The molecule has 2 rings (SSSR count). The molecule has 0 unspecified atom stereocenters. The number of amides is 1. The summed E-state index contributed by atoms with van der Waals surface area (Å²) in [4.78, 5) is 16.2. The Morgan fingerprint density at radius 3 is 2.48 bits per heavy atom. The van der Waals surface area contributed by atoms with E-state index in [9.17, 15) is 4.79 Å². The average Bonchev–Trinajstić information content (AvgIpc) is 3.11. The van der Waals surface area contributed by atoms with E-state index in [1.807, 2.05) is 6.07 Å². The first-order valence-electron chi connectivity index (χ1n) is 9.31. The molecule has 5 nitrogen and oxygen atoms in total. The van der Waals surface area contributed by atoms with Crippen molar-refractivity contribution in [2.45, 2.75) is 57.4 Å². The van der Waals surface area contributed by atoms with E-state index in [1.165, 1.54) is 18.4 Å². The minimum Gasteiger partial charge on any atom is -0.356 e. The van der Waals surface area contributed by atoms with Crippen LogP contribution in [0.1, 0.15) is 51.5 Å². The maximum Gasteiger partial charge on any atom is 0.221 e. The van der Waals surface area contributed by atoms with Crippen LogP contribution in [-0.2, 0) is 10.2 Å². The molecule has 1 aliphatic rings. The molecular weight excluding hydrogens is 312 g/mol. The second-order valence-electron chi connectivity index (χ2n) is 7.40. The van der Waals surface area contributed by atoms with Crippen LogP contribution in [0.2, 0.25) is 0 Å². The van der Waals surface area contributed by atoms with Crippen molar-refractivity contribution in [3.8, 4) is 0 Å². The maximum absolute atomic E-state index is 12.0. The highest BCUT2D eigenvalue weighted by Gasteiger charge is 2.20. The summed E-state index contributed by atoms with van der Waals surface area (Å²) in [6.07, 6.45) is 5.18. The molecule has 1 aromatic carbocycles. The maximum atomic E-state index is 12.0. The molecule has 0 spiro atoms. The quantitative estimate of drug-likeness (QED) is 0.526. The van der Waals surface area contributed by atoms with Gasteiger partial charge in [-0.1, -0.05) is 57.0 Å². The molecule has 0 aliphatic heterocycles. The topological polar surface area (TPSA) is 65.5 Å². The standard InChI is InChI=1S/C20H32N4O/c1-20(2,16-9-5-4-6-10-16)15-23-19(21-3)22-14-13-18(25)24-17-11-7-8-12-17/h4-6,9-10,17H,7-8,11-15H2,1-3H3,(H,24,25)(H2,21,22,23). The summed E-state index contributed by atoms with van der Waals surface area (Å²) in [5.41, 5.74) is 1.28. The van der Waals surface area contributed by atoms with Crippen molar-refractivity contribution in [2.75, 3.05) is 20.1 Å². The van der Waals surface area contributed by atoms with Crippen molar-refractivity contribution < 1.29 is 4.79 Å². The Labute approximate surface area is 151 Å². The van der Waals surface area contributed by atoms with E-state index in [0.717, 1.165) is 25.3 Å². The van der Waals surface area contributed by atoms with Gasteiger partial charge in [0.2, 0.25) is 5.91 Å². The van der Waals surface area contributed by atoms with Crippen molar-refractivity contribution in [1.82, 2.24) is 16.0 Å². The van der Waals surface area contributed by atoms with Crippen LogP contribution in [0, 0.1) is 0 Å². The van der Waals surface area contributed by atoms with Crippen LogP contribution in [0.4, 0.5) is 0 Å². The zero-order valence-electron chi connectivity index (χ0n) is 15.8. The van der Waals surface area contributed by atoms with Crippen molar-refractivity contribution in [3.05, 3.63) is 35.9 Å². The average molecular weight is 345 g/mol. The SMILES string of the molecule is CN=C(NCCC(=O)NC1CCCC1)NCC(C)(C)c1ccccc1. The van der Waals surface area contributed by atoms with E-state index in [2.05, 4.69) is 59.1 Å². The highest BCUT2D eigenvalue weighted by Crippen LogP contribution is 2.21. The van der Waals surface area contributed by atoms with Gasteiger partial charge in [0.1, 0.15) is 0 Å². The summed E-state index contributed by atoms with van der Waals surface area (Å²) >= 11 is 0. The normalized spacial score (nSPS) is 15.9. The first-order valence-corrected chi connectivity index (χ1v) is 9.31. The number of carbonyl (C=O) groups is 1. The molecular formula is C20H32N4O. The predicted molar refractivity (Wildman–Crippen MR) is 104 cm³/mol. The van der Waals surface area contributed by atoms with Crippen molar-refractivity contribution >= 4 is 11.9 Å². The van der Waals surface area contributed by atoms with Gasteiger partial charge in [-0.05, 0) is 18.4 Å². The van der Waals surface area contributed by atoms with E-state index in [0.29, 0.717) is 19.0 Å². The highest BCUT2D eigenvalue weighted by atomic mass is 16.1. The van der Waals surface area contributed by atoms with Crippen molar-refractivity contribution in [3.63, 3.8) is 0 Å². The Bertz CT molecular complexity index is 562. The highest BCUT2D eigenvalue weighted by molar-refractivity contribution is 5.81. The summed E-state index contributed by atoms with van der Waals surface area (Å²) in [5.74, 6) is 0.858. The fourth-order valence-corrected chi connectivity index (χ4v) is 3.18. The largest absolute Gasteiger partial charge is 0.356 e. The summed E-state index contributed by atoms with van der Waals surface area (Å²) < 4.78 is 0.